The van der Waals surface area contributed by atoms with Crippen molar-refractivity contribution in [3.05, 3.63) is 0 Å². The topological polar surface area (TPSA) is 55.9 Å². The standard InChI is InChI=1S/C6H9O4PS2/c1-6(4-10-6)5(7)9-2-3-11(8)13-12/h2-4H2,1H3. The molecule has 1 fully saturated rings. The largest absolute Gasteiger partial charge is 0.463 e. The van der Waals surface area contributed by atoms with Crippen molar-refractivity contribution in [1.29, 1.82) is 0 Å². The third-order valence-electron chi connectivity index (χ3n) is 1.60. The molecule has 0 N–H and O–H groups in total. The van der Waals surface area contributed by atoms with Gasteiger partial charge in [-0.05, 0) is 27.6 Å². The molecule has 2 unspecified atom stereocenters. The summed E-state index contributed by atoms with van der Waals surface area (Å²) >= 11 is 4.51. The summed E-state index contributed by atoms with van der Waals surface area (Å²) < 4.78 is 20.5. The van der Waals surface area contributed by atoms with Crippen LogP contribution in [0.25, 0.3) is 0 Å². The first-order chi connectivity index (χ1) is 6.08. The molecule has 1 saturated heterocycles. The zero-order valence-corrected chi connectivity index (χ0v) is 9.55. The number of rotatable bonds is 4. The lowest BCUT2D eigenvalue weighted by Gasteiger charge is -2.04. The minimum Gasteiger partial charge on any atom is -0.463 e. The Bertz CT molecular complexity index is 313. The van der Waals surface area contributed by atoms with Gasteiger partial charge < -0.3 is 9.47 Å². The molecule has 0 radical (unpaired) electrons. The van der Waals surface area contributed by atoms with Crippen molar-refractivity contribution < 1.29 is 18.8 Å². The van der Waals surface area contributed by atoms with E-state index in [-0.39, 0.29) is 12.6 Å². The highest BCUT2D eigenvalue weighted by atomic mass is 32.9. The van der Waals surface area contributed by atoms with Gasteiger partial charge in [0.25, 0.3) is 0 Å². The minimum atomic E-state index is -1.46. The van der Waals surface area contributed by atoms with Gasteiger partial charge in [-0.25, -0.2) is 4.79 Å². The van der Waals surface area contributed by atoms with Crippen LogP contribution in [0.5, 0.6) is 0 Å². The van der Waals surface area contributed by atoms with Crippen LogP contribution in [-0.4, -0.2) is 30.9 Å². The quantitative estimate of drug-likeness (QED) is 0.409. The Kier molecular flexibility index (Phi) is 3.79. The third kappa shape index (κ3) is 3.31. The van der Waals surface area contributed by atoms with Crippen molar-refractivity contribution in [2.45, 2.75) is 12.5 Å². The summed E-state index contributed by atoms with van der Waals surface area (Å²) in [6.45, 7) is 0.763. The van der Waals surface area contributed by atoms with Gasteiger partial charge in [0.15, 0.2) is 12.2 Å². The molecule has 0 spiro atoms. The maximum Gasteiger partial charge on any atom is 0.340 e. The Morgan fingerprint density at radius 3 is 2.92 bits per heavy atom. The van der Waals surface area contributed by atoms with Gasteiger partial charge in [0, 0.05) is 0 Å². The van der Waals surface area contributed by atoms with Crippen LogP contribution in [0.2, 0.25) is 0 Å². The van der Waals surface area contributed by atoms with Crippen LogP contribution in [-0.2, 0) is 39.5 Å². The molecule has 2 atom stereocenters. The number of carbonyl (C=O) groups excluding carboxylic acids is 1. The van der Waals surface area contributed by atoms with Crippen molar-refractivity contribution >= 4 is 33.2 Å². The lowest BCUT2D eigenvalue weighted by molar-refractivity contribution is -0.148. The van der Waals surface area contributed by atoms with Gasteiger partial charge in [-0.3, -0.25) is 4.57 Å². The highest BCUT2D eigenvalue weighted by molar-refractivity contribution is 8.32. The zero-order chi connectivity index (χ0) is 9.90. The average Bonchev–Trinajstić information content (AvgIpc) is 2.84. The molecule has 13 heavy (non-hydrogen) atoms. The Morgan fingerprint density at radius 1 is 1.85 bits per heavy atom. The molecule has 1 aliphatic rings. The second-order valence-corrected chi connectivity index (χ2v) is 7.06. The molecule has 7 heteroatoms. The number of hydrogen-bond donors (Lipinski definition) is 0. The number of esters is 1. The first-order valence-electron chi connectivity index (χ1n) is 3.64. The van der Waals surface area contributed by atoms with Crippen LogP contribution in [0.3, 0.4) is 0 Å². The maximum atomic E-state index is 11.1. The van der Waals surface area contributed by atoms with Gasteiger partial charge in [-0.15, -0.1) is 0 Å². The second kappa shape index (κ2) is 4.46. The Hall–Kier alpha value is -0.0300. The lowest BCUT2D eigenvalue weighted by Crippen LogP contribution is -2.24. The van der Waals surface area contributed by atoms with E-state index in [1.807, 2.05) is 0 Å². The molecule has 1 rings (SSSR count). The van der Waals surface area contributed by atoms with E-state index >= 15 is 0 Å². The molecule has 1 aliphatic heterocycles. The highest BCUT2D eigenvalue weighted by Gasteiger charge is 2.48. The van der Waals surface area contributed by atoms with Crippen LogP contribution in [0, 0.1) is 0 Å². The molecule has 0 aromatic rings. The van der Waals surface area contributed by atoms with Gasteiger partial charge in [-0.1, -0.05) is 0 Å². The molecule has 0 aliphatic carbocycles. The molecule has 74 valence electrons. The molecule has 0 amide bonds. The summed E-state index contributed by atoms with van der Waals surface area (Å²) in [6.07, 6.45) is 0.311. The summed E-state index contributed by atoms with van der Waals surface area (Å²) in [7, 11) is 0.870. The number of hydrogen-bond acceptors (Lipinski definition) is 5. The third-order valence-corrected chi connectivity index (χ3v) is 4.86. The van der Waals surface area contributed by atoms with Gasteiger partial charge in [-0.2, -0.15) is 0 Å². The van der Waals surface area contributed by atoms with Crippen molar-refractivity contribution in [2.24, 2.45) is 0 Å². The summed E-state index contributed by atoms with van der Waals surface area (Å²) in [5, 5.41) is 0. The number of carbonyl (C=O) groups is 1. The van der Waals surface area contributed by atoms with Crippen molar-refractivity contribution in [1.82, 2.24) is 0 Å². The van der Waals surface area contributed by atoms with E-state index in [4.69, 9.17) is 9.47 Å². The van der Waals surface area contributed by atoms with E-state index in [2.05, 4.69) is 11.2 Å². The van der Waals surface area contributed by atoms with E-state index < -0.39 is 12.2 Å². The van der Waals surface area contributed by atoms with E-state index in [0.717, 1.165) is 9.50 Å². The van der Waals surface area contributed by atoms with Crippen LogP contribution in [0.4, 0.5) is 0 Å². The Morgan fingerprint density at radius 2 is 2.46 bits per heavy atom. The van der Waals surface area contributed by atoms with E-state index in [1.54, 1.807) is 6.92 Å². The maximum absolute atomic E-state index is 11.1. The highest BCUT2D eigenvalue weighted by Crippen LogP contribution is 2.27. The molecule has 0 aromatic heterocycles. The summed E-state index contributed by atoms with van der Waals surface area (Å²) in [5.41, 5.74) is -0.743. The van der Waals surface area contributed by atoms with E-state index in [9.17, 15) is 9.36 Å². The molecular weight excluding hydrogens is 231 g/mol. The fourth-order valence-corrected chi connectivity index (χ4v) is 2.06. The summed E-state index contributed by atoms with van der Waals surface area (Å²) in [6, 6.07) is 0. The smallest absolute Gasteiger partial charge is 0.340 e. The van der Waals surface area contributed by atoms with Crippen molar-refractivity contribution in [3.63, 3.8) is 0 Å². The SMILES string of the molecule is CC1(C(=O)OCCP(=O)=S=S)CO1. The Balaban J connectivity index is 2.24. The van der Waals surface area contributed by atoms with Gasteiger partial charge in [0.05, 0.1) is 12.8 Å². The zero-order valence-electron chi connectivity index (χ0n) is 7.02. The predicted octanol–water partition coefficient (Wildman–Crippen LogP) is 0.605. The molecule has 0 aromatic carbocycles. The summed E-state index contributed by atoms with van der Waals surface area (Å²) in [5.74, 6) is -0.384. The van der Waals surface area contributed by atoms with Crippen molar-refractivity contribution in [2.75, 3.05) is 19.4 Å². The van der Waals surface area contributed by atoms with Gasteiger partial charge in [0.1, 0.15) is 6.61 Å². The fourth-order valence-electron chi connectivity index (χ4n) is 0.629. The van der Waals surface area contributed by atoms with Crippen molar-refractivity contribution in [3.8, 4) is 0 Å². The first kappa shape index (κ1) is 11.0. The van der Waals surface area contributed by atoms with Crippen LogP contribution < -0.4 is 0 Å². The van der Waals surface area contributed by atoms with Gasteiger partial charge >= 0.3 is 5.97 Å². The fraction of sp³-hybridized carbons (Fsp3) is 0.833. The minimum absolute atomic E-state index is 0.149. The lowest BCUT2D eigenvalue weighted by atomic mass is 10.2. The van der Waals surface area contributed by atoms with Gasteiger partial charge in [0.2, 0.25) is 0 Å². The second-order valence-electron chi connectivity index (χ2n) is 2.79. The van der Waals surface area contributed by atoms with Crippen LogP contribution in [0.1, 0.15) is 6.92 Å². The molecule has 0 saturated carbocycles. The number of ether oxygens (including phenoxy) is 2. The monoisotopic (exact) mass is 240 g/mol. The van der Waals surface area contributed by atoms with E-state index in [0.29, 0.717) is 12.8 Å². The predicted molar refractivity (Wildman–Crippen MR) is 52.5 cm³/mol. The Labute approximate surface area is 84.3 Å². The number of epoxide rings is 1. The molecule has 0 bridgehead atoms. The summed E-state index contributed by atoms with van der Waals surface area (Å²) in [4.78, 5) is 11.1. The first-order valence-corrected chi connectivity index (χ1v) is 7.43. The average molecular weight is 240 g/mol. The van der Waals surface area contributed by atoms with Crippen LogP contribution >= 0.6 is 6.58 Å². The molecule has 1 heterocycles. The van der Waals surface area contributed by atoms with E-state index in [1.165, 1.54) is 0 Å². The van der Waals surface area contributed by atoms with Crippen LogP contribution in [0.15, 0.2) is 0 Å². The molecular formula is C6H9O4PS2. The normalized spacial score (nSPS) is 26.4. The molecule has 4 nitrogen and oxygen atoms in total.